The predicted molar refractivity (Wildman–Crippen MR) is 55.0 cm³/mol. The number of benzene rings is 1. The molecule has 0 heterocycles. The fourth-order valence-corrected chi connectivity index (χ4v) is 1.37. The van der Waals surface area contributed by atoms with Gasteiger partial charge in [-0.25, -0.2) is 4.39 Å². The Morgan fingerprint density at radius 1 is 1.40 bits per heavy atom. The van der Waals surface area contributed by atoms with E-state index in [1.54, 1.807) is 19.1 Å². The maximum Gasteiger partial charge on any atom is 0.143 e. The zero-order valence-electron chi connectivity index (χ0n) is 8.57. The summed E-state index contributed by atoms with van der Waals surface area (Å²) >= 11 is 0. The van der Waals surface area contributed by atoms with Gasteiger partial charge in [0.15, 0.2) is 0 Å². The molecule has 0 aliphatic rings. The Bertz CT molecular complexity index is 343. The summed E-state index contributed by atoms with van der Waals surface area (Å²) in [4.78, 5) is 21.5. The van der Waals surface area contributed by atoms with E-state index < -0.39 is 0 Å². The molecule has 0 radical (unpaired) electrons. The van der Waals surface area contributed by atoms with Gasteiger partial charge in [0.1, 0.15) is 17.9 Å². The van der Waals surface area contributed by atoms with Gasteiger partial charge in [-0.3, -0.25) is 4.79 Å². The molecular formula is C12H13FO2. The van der Waals surface area contributed by atoms with Gasteiger partial charge in [0.2, 0.25) is 0 Å². The van der Waals surface area contributed by atoms with E-state index in [1.807, 2.05) is 0 Å². The maximum atomic E-state index is 12.6. The third-order valence-corrected chi connectivity index (χ3v) is 2.29. The van der Waals surface area contributed by atoms with Crippen molar-refractivity contribution in [1.29, 1.82) is 0 Å². The van der Waals surface area contributed by atoms with Crippen LogP contribution in [-0.4, -0.2) is 12.1 Å². The number of hydrogen-bond donors (Lipinski definition) is 0. The van der Waals surface area contributed by atoms with Crippen LogP contribution in [0.25, 0.3) is 0 Å². The van der Waals surface area contributed by atoms with Crippen LogP contribution in [0.3, 0.4) is 0 Å². The Labute approximate surface area is 88.1 Å². The largest absolute Gasteiger partial charge is 0.303 e. The molecule has 0 saturated heterocycles. The van der Waals surface area contributed by atoms with Gasteiger partial charge >= 0.3 is 0 Å². The van der Waals surface area contributed by atoms with Crippen LogP contribution in [0.15, 0.2) is 24.3 Å². The molecular weight excluding hydrogens is 195 g/mol. The summed E-state index contributed by atoms with van der Waals surface area (Å²) in [7, 11) is 0. The van der Waals surface area contributed by atoms with E-state index in [0.717, 1.165) is 5.56 Å². The number of ketones is 1. The molecule has 80 valence electrons. The first-order valence-corrected chi connectivity index (χ1v) is 4.84. The van der Waals surface area contributed by atoms with Gasteiger partial charge in [-0.1, -0.05) is 19.1 Å². The number of hydrogen-bond acceptors (Lipinski definition) is 2. The first-order valence-electron chi connectivity index (χ1n) is 4.84. The van der Waals surface area contributed by atoms with Crippen LogP contribution in [0, 0.1) is 11.7 Å². The highest BCUT2D eigenvalue weighted by molar-refractivity contribution is 5.91. The summed E-state index contributed by atoms with van der Waals surface area (Å²) < 4.78 is 12.6. The SMILES string of the molecule is CC(Cc1ccc(F)cc1)C(=O)CC=O. The minimum atomic E-state index is -0.286. The molecule has 0 N–H and O–H groups in total. The summed E-state index contributed by atoms with van der Waals surface area (Å²) in [5, 5.41) is 0. The Kier molecular flexibility index (Phi) is 4.16. The second-order valence-electron chi connectivity index (χ2n) is 3.57. The van der Waals surface area contributed by atoms with Crippen molar-refractivity contribution >= 4 is 12.1 Å². The number of Topliss-reactive ketones (excluding diaryl/α,β-unsaturated/α-hetero) is 1. The summed E-state index contributed by atoms with van der Waals surface area (Å²) in [6.45, 7) is 1.77. The molecule has 1 atom stereocenters. The Hall–Kier alpha value is -1.51. The average molecular weight is 208 g/mol. The quantitative estimate of drug-likeness (QED) is 0.549. The van der Waals surface area contributed by atoms with Crippen LogP contribution in [0.1, 0.15) is 18.9 Å². The molecule has 0 amide bonds. The second-order valence-corrected chi connectivity index (χ2v) is 3.57. The van der Waals surface area contributed by atoms with Crippen LogP contribution >= 0.6 is 0 Å². The molecule has 0 spiro atoms. The van der Waals surface area contributed by atoms with Gasteiger partial charge in [-0.15, -0.1) is 0 Å². The van der Waals surface area contributed by atoms with Crippen LogP contribution in [0.2, 0.25) is 0 Å². The standard InChI is InChI=1S/C12H13FO2/c1-9(12(15)6-7-14)8-10-2-4-11(13)5-3-10/h2-5,7,9H,6,8H2,1H3. The number of aldehydes is 1. The number of halogens is 1. The van der Waals surface area contributed by atoms with Crippen molar-refractivity contribution in [2.75, 3.05) is 0 Å². The molecule has 1 unspecified atom stereocenters. The van der Waals surface area contributed by atoms with E-state index in [4.69, 9.17) is 0 Å². The van der Waals surface area contributed by atoms with Crippen molar-refractivity contribution in [3.63, 3.8) is 0 Å². The van der Waals surface area contributed by atoms with Crippen molar-refractivity contribution in [3.05, 3.63) is 35.6 Å². The van der Waals surface area contributed by atoms with Crippen molar-refractivity contribution in [3.8, 4) is 0 Å². The van der Waals surface area contributed by atoms with Crippen LogP contribution in [-0.2, 0) is 16.0 Å². The third-order valence-electron chi connectivity index (χ3n) is 2.29. The minimum absolute atomic E-state index is 0.0393. The highest BCUT2D eigenvalue weighted by atomic mass is 19.1. The van der Waals surface area contributed by atoms with Crippen molar-refractivity contribution in [2.24, 2.45) is 5.92 Å². The summed E-state index contributed by atoms with van der Waals surface area (Å²) in [5.41, 5.74) is 0.906. The van der Waals surface area contributed by atoms with Crippen molar-refractivity contribution in [2.45, 2.75) is 19.8 Å². The Morgan fingerprint density at radius 2 is 2.00 bits per heavy atom. The minimum Gasteiger partial charge on any atom is -0.303 e. The van der Waals surface area contributed by atoms with Crippen molar-refractivity contribution < 1.29 is 14.0 Å². The molecule has 1 aromatic carbocycles. The lowest BCUT2D eigenvalue weighted by atomic mass is 9.96. The highest BCUT2D eigenvalue weighted by Crippen LogP contribution is 2.11. The molecule has 3 heteroatoms. The lowest BCUT2D eigenvalue weighted by molar-refractivity contribution is -0.125. The molecule has 1 rings (SSSR count). The zero-order valence-corrected chi connectivity index (χ0v) is 8.57. The lowest BCUT2D eigenvalue weighted by Gasteiger charge is -2.08. The lowest BCUT2D eigenvalue weighted by Crippen LogP contribution is -2.13. The van der Waals surface area contributed by atoms with Gasteiger partial charge in [0.05, 0.1) is 6.42 Å². The predicted octanol–water partition coefficient (Wildman–Crippen LogP) is 2.16. The van der Waals surface area contributed by atoms with Crippen LogP contribution in [0.4, 0.5) is 4.39 Å². The van der Waals surface area contributed by atoms with E-state index in [2.05, 4.69) is 0 Å². The topological polar surface area (TPSA) is 34.1 Å². The maximum absolute atomic E-state index is 12.6. The van der Waals surface area contributed by atoms with E-state index in [-0.39, 0.29) is 23.9 Å². The van der Waals surface area contributed by atoms with Gasteiger partial charge < -0.3 is 4.79 Å². The number of rotatable bonds is 5. The average Bonchev–Trinajstić information content (AvgIpc) is 2.22. The molecule has 0 aromatic heterocycles. The molecule has 2 nitrogen and oxygen atoms in total. The molecule has 0 saturated carbocycles. The van der Waals surface area contributed by atoms with E-state index in [1.165, 1.54) is 12.1 Å². The Morgan fingerprint density at radius 3 is 2.53 bits per heavy atom. The second kappa shape index (κ2) is 5.39. The molecule has 15 heavy (non-hydrogen) atoms. The number of carbonyl (C=O) groups is 2. The fourth-order valence-electron chi connectivity index (χ4n) is 1.37. The normalized spacial score (nSPS) is 12.1. The first kappa shape index (κ1) is 11.6. The van der Waals surface area contributed by atoms with Gasteiger partial charge in [-0.2, -0.15) is 0 Å². The van der Waals surface area contributed by atoms with Gasteiger partial charge in [0, 0.05) is 5.92 Å². The van der Waals surface area contributed by atoms with Gasteiger partial charge in [0.25, 0.3) is 0 Å². The monoisotopic (exact) mass is 208 g/mol. The fraction of sp³-hybridized carbons (Fsp3) is 0.333. The third kappa shape index (κ3) is 3.62. The zero-order chi connectivity index (χ0) is 11.3. The van der Waals surface area contributed by atoms with Crippen LogP contribution < -0.4 is 0 Å². The number of carbonyl (C=O) groups excluding carboxylic acids is 2. The van der Waals surface area contributed by atoms with Crippen LogP contribution in [0.5, 0.6) is 0 Å². The molecule has 0 fully saturated rings. The Balaban J connectivity index is 2.57. The molecule has 1 aromatic rings. The summed E-state index contributed by atoms with van der Waals surface area (Å²) in [6.07, 6.45) is 1.12. The molecule has 0 aliphatic carbocycles. The highest BCUT2D eigenvalue weighted by Gasteiger charge is 2.12. The molecule has 0 aliphatic heterocycles. The summed E-state index contributed by atoms with van der Waals surface area (Å²) in [6, 6.07) is 6.04. The van der Waals surface area contributed by atoms with Gasteiger partial charge in [-0.05, 0) is 24.1 Å². The first-order chi connectivity index (χ1) is 7.13. The molecule has 0 bridgehead atoms. The van der Waals surface area contributed by atoms with E-state index in [0.29, 0.717) is 12.7 Å². The van der Waals surface area contributed by atoms with Crippen molar-refractivity contribution in [1.82, 2.24) is 0 Å². The van der Waals surface area contributed by atoms with E-state index in [9.17, 15) is 14.0 Å². The summed E-state index contributed by atoms with van der Waals surface area (Å²) in [5.74, 6) is -0.555. The van der Waals surface area contributed by atoms with E-state index >= 15 is 0 Å². The smallest absolute Gasteiger partial charge is 0.143 e.